The van der Waals surface area contributed by atoms with Gasteiger partial charge in [0.2, 0.25) is 0 Å². The van der Waals surface area contributed by atoms with E-state index in [-0.39, 0.29) is 5.78 Å². The quantitative estimate of drug-likeness (QED) is 0.846. The normalized spacial score (nSPS) is 15.8. The average molecular weight is 272 g/mol. The molecule has 19 heavy (non-hydrogen) atoms. The Morgan fingerprint density at radius 1 is 1.05 bits per heavy atom. The molecule has 0 heterocycles. The van der Waals surface area contributed by atoms with Crippen molar-refractivity contribution in [3.63, 3.8) is 0 Å². The van der Waals surface area contributed by atoms with Gasteiger partial charge in [0.05, 0.1) is 0 Å². The maximum atomic E-state index is 12.5. The number of ketones is 1. The molecule has 3 rings (SSSR count). The number of Topliss-reactive ketones (excluding diaryl/α,β-unsaturated/α-hetero) is 1. The number of rotatable bonds is 4. The first kappa shape index (κ1) is 12.2. The molecule has 0 unspecified atom stereocenters. The Bertz CT molecular complexity index is 605. The van der Waals surface area contributed by atoms with Crippen LogP contribution in [0.1, 0.15) is 23.2 Å². The molecule has 0 aliphatic heterocycles. The summed E-state index contributed by atoms with van der Waals surface area (Å²) in [5, 5.41) is 4.01. The van der Waals surface area contributed by atoms with Gasteiger partial charge in [-0.2, -0.15) is 0 Å². The first-order chi connectivity index (χ1) is 9.20. The number of hydrogen-bond donors (Lipinski definition) is 1. The average Bonchev–Trinajstić information content (AvgIpc) is 3.20. The van der Waals surface area contributed by atoms with Crippen molar-refractivity contribution < 1.29 is 4.79 Å². The third kappa shape index (κ3) is 2.49. The van der Waals surface area contributed by atoms with Crippen LogP contribution < -0.4 is 5.32 Å². The minimum Gasteiger partial charge on any atom is -0.372 e. The lowest BCUT2D eigenvalue weighted by molar-refractivity contribution is 0.0958. The van der Waals surface area contributed by atoms with Crippen LogP contribution in [0, 0.1) is 0 Å². The molecular weight excluding hydrogens is 258 g/mol. The zero-order chi connectivity index (χ0) is 13.3. The second-order valence-corrected chi connectivity index (χ2v) is 5.35. The number of benzene rings is 2. The summed E-state index contributed by atoms with van der Waals surface area (Å²) in [6.45, 7) is 0. The van der Waals surface area contributed by atoms with E-state index in [1.165, 1.54) is 0 Å². The van der Waals surface area contributed by atoms with Gasteiger partial charge in [0.1, 0.15) is 5.54 Å². The molecule has 0 amide bonds. The molecule has 0 bridgehead atoms. The SMILES string of the molecule is O=C(c1ccccc1)C1(Nc2cccc(Cl)c2)CC1. The molecular formula is C16H14ClNO. The molecule has 1 N–H and O–H groups in total. The fourth-order valence-corrected chi connectivity index (χ4v) is 2.43. The van der Waals surface area contributed by atoms with Crippen LogP contribution in [0.2, 0.25) is 5.02 Å². The zero-order valence-electron chi connectivity index (χ0n) is 10.4. The lowest BCUT2D eigenvalue weighted by Crippen LogP contribution is -2.31. The first-order valence-corrected chi connectivity index (χ1v) is 6.71. The molecule has 1 fully saturated rings. The van der Waals surface area contributed by atoms with Gasteiger partial charge in [0.25, 0.3) is 0 Å². The predicted octanol–water partition coefficient (Wildman–Crippen LogP) is 4.17. The lowest BCUT2D eigenvalue weighted by atomic mass is 10.0. The number of carbonyl (C=O) groups is 1. The van der Waals surface area contributed by atoms with Gasteiger partial charge in [-0.1, -0.05) is 48.0 Å². The van der Waals surface area contributed by atoms with Crippen molar-refractivity contribution in [1.82, 2.24) is 0 Å². The smallest absolute Gasteiger partial charge is 0.188 e. The van der Waals surface area contributed by atoms with E-state index in [1.54, 1.807) is 0 Å². The number of nitrogens with one attached hydrogen (secondary N) is 1. The Hall–Kier alpha value is -1.80. The monoisotopic (exact) mass is 271 g/mol. The minimum absolute atomic E-state index is 0.160. The van der Waals surface area contributed by atoms with Crippen LogP contribution in [0.5, 0.6) is 0 Å². The van der Waals surface area contributed by atoms with E-state index in [1.807, 2.05) is 54.6 Å². The summed E-state index contributed by atoms with van der Waals surface area (Å²) in [5.74, 6) is 0.160. The van der Waals surface area contributed by atoms with Gasteiger partial charge in [-0.15, -0.1) is 0 Å². The maximum absolute atomic E-state index is 12.5. The van der Waals surface area contributed by atoms with E-state index in [0.29, 0.717) is 5.02 Å². The topological polar surface area (TPSA) is 29.1 Å². The van der Waals surface area contributed by atoms with E-state index in [4.69, 9.17) is 11.6 Å². The molecule has 1 saturated carbocycles. The van der Waals surface area contributed by atoms with Crippen LogP contribution >= 0.6 is 11.6 Å². The minimum atomic E-state index is -0.438. The number of anilines is 1. The fourth-order valence-electron chi connectivity index (χ4n) is 2.24. The van der Waals surface area contributed by atoms with Crippen molar-refractivity contribution >= 4 is 23.1 Å². The number of hydrogen-bond acceptors (Lipinski definition) is 2. The summed E-state index contributed by atoms with van der Waals surface area (Å²) in [7, 11) is 0. The fraction of sp³-hybridized carbons (Fsp3) is 0.188. The highest BCUT2D eigenvalue weighted by Crippen LogP contribution is 2.42. The summed E-state index contributed by atoms with van der Waals surface area (Å²) in [4.78, 5) is 12.5. The summed E-state index contributed by atoms with van der Waals surface area (Å²) in [5.41, 5.74) is 1.22. The largest absolute Gasteiger partial charge is 0.372 e. The van der Waals surface area contributed by atoms with Crippen molar-refractivity contribution in [2.75, 3.05) is 5.32 Å². The molecule has 0 spiro atoms. The van der Waals surface area contributed by atoms with Crippen LogP contribution in [0.15, 0.2) is 54.6 Å². The van der Waals surface area contributed by atoms with Gasteiger partial charge in [0, 0.05) is 16.3 Å². The first-order valence-electron chi connectivity index (χ1n) is 6.33. The van der Waals surface area contributed by atoms with Crippen LogP contribution in [0.3, 0.4) is 0 Å². The Kier molecular flexibility index (Phi) is 3.03. The van der Waals surface area contributed by atoms with Crippen LogP contribution in [-0.4, -0.2) is 11.3 Å². The molecule has 0 radical (unpaired) electrons. The third-order valence-corrected chi connectivity index (χ3v) is 3.66. The van der Waals surface area contributed by atoms with Crippen molar-refractivity contribution in [3.8, 4) is 0 Å². The zero-order valence-corrected chi connectivity index (χ0v) is 11.2. The van der Waals surface area contributed by atoms with Crippen LogP contribution in [-0.2, 0) is 0 Å². The lowest BCUT2D eigenvalue weighted by Gasteiger charge is -2.17. The standard InChI is InChI=1S/C16H14ClNO/c17-13-7-4-8-14(11-13)18-16(9-10-16)15(19)12-5-2-1-3-6-12/h1-8,11,18H,9-10H2. The van der Waals surface area contributed by atoms with Crippen molar-refractivity contribution in [1.29, 1.82) is 0 Å². The molecule has 2 aromatic rings. The van der Waals surface area contributed by atoms with Crippen molar-refractivity contribution in [2.45, 2.75) is 18.4 Å². The van der Waals surface area contributed by atoms with E-state index >= 15 is 0 Å². The van der Waals surface area contributed by atoms with Gasteiger partial charge >= 0.3 is 0 Å². The highest BCUT2D eigenvalue weighted by atomic mass is 35.5. The van der Waals surface area contributed by atoms with Crippen LogP contribution in [0.4, 0.5) is 5.69 Å². The van der Waals surface area contributed by atoms with E-state index in [9.17, 15) is 4.79 Å². The predicted molar refractivity (Wildman–Crippen MR) is 77.8 cm³/mol. The van der Waals surface area contributed by atoms with Gasteiger partial charge in [0.15, 0.2) is 5.78 Å². The van der Waals surface area contributed by atoms with Crippen LogP contribution in [0.25, 0.3) is 0 Å². The second-order valence-electron chi connectivity index (χ2n) is 4.91. The molecule has 2 aromatic carbocycles. The molecule has 1 aliphatic carbocycles. The van der Waals surface area contributed by atoms with Crippen molar-refractivity contribution in [3.05, 3.63) is 65.2 Å². The molecule has 2 nitrogen and oxygen atoms in total. The van der Waals surface area contributed by atoms with Gasteiger partial charge < -0.3 is 5.32 Å². The summed E-state index contributed by atoms with van der Waals surface area (Å²) < 4.78 is 0. The molecule has 0 saturated heterocycles. The Morgan fingerprint density at radius 2 is 1.79 bits per heavy atom. The molecule has 3 heteroatoms. The Morgan fingerprint density at radius 3 is 2.42 bits per heavy atom. The molecule has 0 aromatic heterocycles. The van der Waals surface area contributed by atoms with Crippen molar-refractivity contribution in [2.24, 2.45) is 0 Å². The summed E-state index contributed by atoms with van der Waals surface area (Å²) in [6.07, 6.45) is 1.74. The summed E-state index contributed by atoms with van der Waals surface area (Å²) >= 11 is 5.97. The van der Waals surface area contributed by atoms with Gasteiger partial charge in [-0.25, -0.2) is 0 Å². The highest BCUT2D eigenvalue weighted by molar-refractivity contribution is 6.30. The second kappa shape index (κ2) is 4.71. The maximum Gasteiger partial charge on any atom is 0.188 e. The Balaban J connectivity index is 1.82. The molecule has 1 aliphatic rings. The van der Waals surface area contributed by atoms with E-state index in [2.05, 4.69) is 5.32 Å². The van der Waals surface area contributed by atoms with Gasteiger partial charge in [-0.05, 0) is 31.0 Å². The highest BCUT2D eigenvalue weighted by Gasteiger charge is 2.49. The Labute approximate surface area is 117 Å². The van der Waals surface area contributed by atoms with Gasteiger partial charge in [-0.3, -0.25) is 4.79 Å². The summed E-state index contributed by atoms with van der Waals surface area (Å²) in [6, 6.07) is 16.9. The molecule has 0 atom stereocenters. The van der Waals surface area contributed by atoms with E-state index < -0.39 is 5.54 Å². The number of halogens is 1. The third-order valence-electron chi connectivity index (χ3n) is 3.43. The van der Waals surface area contributed by atoms with E-state index in [0.717, 1.165) is 24.1 Å². The number of carbonyl (C=O) groups excluding carboxylic acids is 1. The molecule has 96 valence electrons.